The number of H-pyrrole nitrogens is 1. The van der Waals surface area contributed by atoms with E-state index in [0.717, 1.165) is 48.3 Å². The number of nitrogens with two attached hydrogens (primary N) is 1. The van der Waals surface area contributed by atoms with Crippen molar-refractivity contribution in [3.05, 3.63) is 39.1 Å². The third-order valence-corrected chi connectivity index (χ3v) is 13.4. The first-order valence-corrected chi connectivity index (χ1v) is 15.2. The van der Waals surface area contributed by atoms with E-state index in [4.69, 9.17) is 8.20 Å². The SMILES string of the molecule is C=I12N=CN=C([NH2+]C)C1=C(c1cc3cccc(C#N)c3[nH]1)N=C2C1CCC(C(=O)O)CC1. The van der Waals surface area contributed by atoms with Crippen LogP contribution in [0.1, 0.15) is 36.9 Å². The molecule has 8 nitrogen and oxygen atoms in total. The second-order valence-electron chi connectivity index (χ2n) is 8.21. The zero-order chi connectivity index (χ0) is 22.5. The van der Waals surface area contributed by atoms with Crippen molar-refractivity contribution < 1.29 is 15.2 Å². The Morgan fingerprint density at radius 2 is 2.12 bits per heavy atom. The van der Waals surface area contributed by atoms with Crippen LogP contribution in [0.4, 0.5) is 0 Å². The van der Waals surface area contributed by atoms with E-state index in [1.54, 1.807) is 12.4 Å². The fourth-order valence-corrected chi connectivity index (χ4v) is 11.8. The molecule has 4 N–H and O–H groups in total. The van der Waals surface area contributed by atoms with Gasteiger partial charge in [-0.2, -0.15) is 0 Å². The van der Waals surface area contributed by atoms with Crippen molar-refractivity contribution >= 4 is 61.2 Å². The average molecular weight is 543 g/mol. The van der Waals surface area contributed by atoms with Crippen LogP contribution in [-0.2, 0) is 4.79 Å². The molecule has 2 aliphatic heterocycles. The molecule has 0 saturated heterocycles. The minimum absolute atomic E-state index is 0.194. The van der Waals surface area contributed by atoms with Crippen molar-refractivity contribution in [3.8, 4) is 6.07 Å². The monoisotopic (exact) mass is 543 g/mol. The Morgan fingerprint density at radius 1 is 1.34 bits per heavy atom. The van der Waals surface area contributed by atoms with Crippen LogP contribution >= 0.6 is 18.2 Å². The van der Waals surface area contributed by atoms with E-state index in [1.807, 2.05) is 30.6 Å². The summed E-state index contributed by atoms with van der Waals surface area (Å²) >= 11 is -3.26. The molecule has 0 spiro atoms. The molecule has 2 aromatic rings. The molecule has 3 aliphatic rings. The first-order chi connectivity index (χ1) is 15.5. The molecular weight excluding hydrogens is 519 g/mol. The van der Waals surface area contributed by atoms with E-state index in [9.17, 15) is 15.2 Å². The maximum absolute atomic E-state index is 11.4. The van der Waals surface area contributed by atoms with Crippen LogP contribution in [0.5, 0.6) is 0 Å². The quantitative estimate of drug-likeness (QED) is 0.515. The second kappa shape index (κ2) is 7.86. The number of carbonyl (C=O) groups is 1. The average Bonchev–Trinajstić information content (AvgIpc) is 3.37. The number of carboxylic acids is 1. The zero-order valence-corrected chi connectivity index (χ0v) is 19.8. The molecule has 1 fully saturated rings. The van der Waals surface area contributed by atoms with Crippen LogP contribution in [0.3, 0.4) is 0 Å². The van der Waals surface area contributed by atoms with Crippen LogP contribution in [0.25, 0.3) is 16.6 Å². The Labute approximate surface area is 189 Å². The van der Waals surface area contributed by atoms with E-state index in [-0.39, 0.29) is 11.8 Å². The summed E-state index contributed by atoms with van der Waals surface area (Å²) in [4.78, 5) is 24.5. The summed E-state index contributed by atoms with van der Waals surface area (Å²) in [5, 5.41) is 21.8. The molecule has 1 aromatic carbocycles. The number of aromatic nitrogens is 1. The van der Waals surface area contributed by atoms with Gasteiger partial charge in [-0.15, -0.1) is 0 Å². The van der Waals surface area contributed by atoms with E-state index >= 15 is 0 Å². The van der Waals surface area contributed by atoms with Crippen LogP contribution in [0.15, 0.2) is 41.0 Å². The number of likely N-dealkylation sites (N-methyl/N-ethyl adjacent to an activating group) is 1. The maximum atomic E-state index is 11.4. The number of fused-ring (bicyclic) bond motifs is 2. The second-order valence-corrected chi connectivity index (χ2v) is 14.7. The number of nitrogens with zero attached hydrogens (tertiary/aromatic N) is 4. The first-order valence-electron chi connectivity index (χ1n) is 10.6. The number of benzene rings is 1. The van der Waals surface area contributed by atoms with Crippen molar-refractivity contribution in [1.82, 2.24) is 4.98 Å². The molecule has 1 saturated carbocycles. The molecule has 1 aliphatic carbocycles. The van der Waals surface area contributed by atoms with Gasteiger partial charge >= 0.3 is 190 Å². The van der Waals surface area contributed by atoms with Gasteiger partial charge in [0.15, 0.2) is 0 Å². The minimum atomic E-state index is -3.26. The van der Waals surface area contributed by atoms with Gasteiger partial charge in [-0.25, -0.2) is 0 Å². The topological polar surface area (TPSA) is 131 Å². The number of nitriles is 1. The van der Waals surface area contributed by atoms with E-state index in [0.29, 0.717) is 18.4 Å². The number of quaternary nitrogens is 1. The Kier molecular flexibility index (Phi) is 5.14. The van der Waals surface area contributed by atoms with Crippen LogP contribution in [0, 0.1) is 23.2 Å². The van der Waals surface area contributed by atoms with Crippen LogP contribution in [-0.4, -0.2) is 43.5 Å². The van der Waals surface area contributed by atoms with Crippen molar-refractivity contribution in [3.63, 3.8) is 0 Å². The van der Waals surface area contributed by atoms with E-state index in [1.165, 1.54) is 0 Å². The summed E-state index contributed by atoms with van der Waals surface area (Å²) in [5.74, 6) is 0.0677. The molecule has 0 amide bonds. The Bertz CT molecular complexity index is 1350. The number of para-hydroxylation sites is 1. The van der Waals surface area contributed by atoms with Gasteiger partial charge in [-0.1, -0.05) is 0 Å². The van der Waals surface area contributed by atoms with Gasteiger partial charge in [-0.3, -0.25) is 0 Å². The molecule has 5 rings (SSSR count). The summed E-state index contributed by atoms with van der Waals surface area (Å²) in [5.41, 5.74) is 3.05. The predicted octanol–water partition coefficient (Wildman–Crippen LogP) is 3.03. The van der Waals surface area contributed by atoms with Crippen molar-refractivity contribution in [2.45, 2.75) is 25.7 Å². The van der Waals surface area contributed by atoms with Gasteiger partial charge in [0.2, 0.25) is 0 Å². The van der Waals surface area contributed by atoms with Crippen molar-refractivity contribution in [2.75, 3.05) is 7.05 Å². The van der Waals surface area contributed by atoms with Gasteiger partial charge in [0.25, 0.3) is 0 Å². The number of aliphatic imine (C=N–C) groups is 2. The molecule has 164 valence electrons. The number of aromatic amines is 1. The van der Waals surface area contributed by atoms with Gasteiger partial charge in [-0.05, 0) is 0 Å². The summed E-state index contributed by atoms with van der Waals surface area (Å²) in [6.45, 7) is 0. The van der Waals surface area contributed by atoms with Gasteiger partial charge in [0.1, 0.15) is 0 Å². The molecule has 32 heavy (non-hydrogen) atoms. The van der Waals surface area contributed by atoms with E-state index < -0.39 is 24.2 Å². The number of halogens is 1. The summed E-state index contributed by atoms with van der Waals surface area (Å²) in [6, 6.07) is 9.92. The molecule has 9 heteroatoms. The number of nitrogens with one attached hydrogen (secondary N) is 1. The Morgan fingerprint density at radius 3 is 2.81 bits per heavy atom. The number of carboxylic acid groups (broad SMARTS) is 1. The fraction of sp³-hybridized carbons (Fsp3) is 0.304. The molecule has 0 bridgehead atoms. The number of hydrogen-bond acceptors (Lipinski definition) is 5. The molecule has 1 unspecified atom stereocenters. The fourth-order valence-electron chi connectivity index (χ4n) is 4.75. The molecule has 0 radical (unpaired) electrons. The Balaban J connectivity index is 1.63. The standard InChI is InChI=1S/C23H23IN6O2/c1-24-18(22(26-2)27-12-28-24)20(17-10-15-4-3-5-16(11-25)19(15)29-17)30-21(24)13-6-8-14(9-7-13)23(31)32/h3-5,10,12-14,29H,1,6-9H2,2H3,(H,31,32)(H,26,27,28)/p+1. The number of amidine groups is 1. The Hall–Kier alpha value is -2.97. The molecule has 1 atom stereocenters. The third kappa shape index (κ3) is 3.17. The van der Waals surface area contributed by atoms with Gasteiger partial charge in [0, 0.05) is 0 Å². The number of aliphatic carboxylic acids is 1. The molecular formula is C23H24IN6O2+. The summed E-state index contributed by atoms with van der Waals surface area (Å²) in [7, 11) is 1.96. The molecule has 3 heterocycles. The zero-order valence-electron chi connectivity index (χ0n) is 17.7. The normalized spacial score (nSPS) is 29.1. The number of hydrogen-bond donors (Lipinski definition) is 3. The van der Waals surface area contributed by atoms with Gasteiger partial charge < -0.3 is 0 Å². The molecule has 1 aromatic heterocycles. The van der Waals surface area contributed by atoms with Crippen LogP contribution in [0.2, 0.25) is 0 Å². The predicted molar refractivity (Wildman–Crippen MR) is 135 cm³/mol. The first kappa shape index (κ1) is 20.9. The number of rotatable bonds is 3. The summed E-state index contributed by atoms with van der Waals surface area (Å²) < 4.78 is 11.6. The summed E-state index contributed by atoms with van der Waals surface area (Å²) in [6.07, 6.45) is 4.52. The van der Waals surface area contributed by atoms with Crippen molar-refractivity contribution in [1.29, 1.82) is 5.26 Å². The van der Waals surface area contributed by atoms with Gasteiger partial charge in [0.05, 0.1) is 0 Å². The van der Waals surface area contributed by atoms with Crippen molar-refractivity contribution in [2.24, 2.45) is 25.0 Å². The van der Waals surface area contributed by atoms with Crippen LogP contribution < -0.4 is 5.32 Å². The third-order valence-electron chi connectivity index (χ3n) is 6.41. The van der Waals surface area contributed by atoms with E-state index in [2.05, 4.69) is 20.6 Å².